The molecule has 0 bridgehead atoms. The van der Waals surface area contributed by atoms with Crippen LogP contribution in [0.15, 0.2) is 29.7 Å². The molecule has 0 aliphatic carbocycles. The molecule has 0 spiro atoms. The molecule has 116 valence electrons. The molecule has 0 radical (unpaired) electrons. The van der Waals surface area contributed by atoms with Crippen LogP contribution in [0.25, 0.3) is 6.08 Å². The molecule has 0 atom stereocenters. The van der Waals surface area contributed by atoms with Crippen molar-refractivity contribution < 1.29 is 26.9 Å². The second-order valence-corrected chi connectivity index (χ2v) is 5.62. The molecule has 0 fully saturated rings. The van der Waals surface area contributed by atoms with E-state index in [9.17, 15) is 17.1 Å². The van der Waals surface area contributed by atoms with E-state index in [1.807, 2.05) is 0 Å². The zero-order valence-corrected chi connectivity index (χ0v) is 12.2. The highest BCUT2D eigenvalue weighted by Crippen LogP contribution is 2.14. The van der Waals surface area contributed by atoms with E-state index in [0.29, 0.717) is 29.7 Å². The first-order valence-corrected chi connectivity index (χ1v) is 7.89. The number of aliphatic carboxylic acids is 1. The summed E-state index contributed by atoms with van der Waals surface area (Å²) in [6.45, 7) is 0.480. The lowest BCUT2D eigenvalue weighted by atomic mass is 10.2. The summed E-state index contributed by atoms with van der Waals surface area (Å²) in [4.78, 5) is 10.3. The maximum absolute atomic E-state index is 12.3. The van der Waals surface area contributed by atoms with E-state index < -0.39 is 16.2 Å². The summed E-state index contributed by atoms with van der Waals surface area (Å²) < 4.78 is 38.4. The lowest BCUT2D eigenvalue weighted by Gasteiger charge is -2.06. The Hall–Kier alpha value is -1.89. The Kier molecular flexibility index (Phi) is 6.87. The van der Waals surface area contributed by atoms with E-state index >= 15 is 0 Å². The molecule has 0 heterocycles. The minimum absolute atomic E-state index is 0.165. The van der Waals surface area contributed by atoms with Gasteiger partial charge in [-0.05, 0) is 43.0 Å². The minimum atomic E-state index is -4.62. The zero-order valence-electron chi connectivity index (χ0n) is 11.4. The lowest BCUT2D eigenvalue weighted by Crippen LogP contribution is -1.99. The maximum Gasteiger partial charge on any atom is 0.325 e. The summed E-state index contributed by atoms with van der Waals surface area (Å²) in [7, 11) is -4.62. The summed E-state index contributed by atoms with van der Waals surface area (Å²) in [5, 5.41) is 8.96. The molecule has 5 nitrogen and oxygen atoms in total. The lowest BCUT2D eigenvalue weighted by molar-refractivity contribution is -0.137. The summed E-state index contributed by atoms with van der Waals surface area (Å²) >= 11 is 0. The van der Waals surface area contributed by atoms with E-state index in [1.54, 1.807) is 24.3 Å². The van der Waals surface area contributed by atoms with Gasteiger partial charge in [0.1, 0.15) is 5.75 Å². The van der Waals surface area contributed by atoms with Gasteiger partial charge in [-0.3, -0.25) is 4.79 Å². The van der Waals surface area contributed by atoms with Gasteiger partial charge in [-0.15, -0.1) is 3.89 Å². The van der Waals surface area contributed by atoms with Crippen molar-refractivity contribution in [3.63, 3.8) is 0 Å². The van der Waals surface area contributed by atoms with Crippen LogP contribution in [-0.2, 0) is 15.0 Å². The van der Waals surface area contributed by atoms with E-state index in [4.69, 9.17) is 9.84 Å². The van der Waals surface area contributed by atoms with Crippen molar-refractivity contribution in [1.29, 1.82) is 0 Å². The Balaban J connectivity index is 2.31. The third-order valence-corrected chi connectivity index (χ3v) is 3.07. The summed E-state index contributed by atoms with van der Waals surface area (Å²) in [6.07, 6.45) is 3.49. The Bertz CT molecular complexity index is 578. The number of hydrogen-bond acceptors (Lipinski definition) is 4. The van der Waals surface area contributed by atoms with Gasteiger partial charge >= 0.3 is 16.2 Å². The molecule has 0 saturated carbocycles. The first kappa shape index (κ1) is 17.2. The van der Waals surface area contributed by atoms with Crippen LogP contribution in [0.1, 0.15) is 31.2 Å². The Labute approximate surface area is 123 Å². The average molecular weight is 316 g/mol. The van der Waals surface area contributed by atoms with Crippen molar-refractivity contribution >= 4 is 22.3 Å². The van der Waals surface area contributed by atoms with Gasteiger partial charge in [-0.1, -0.05) is 12.1 Å². The molecule has 0 amide bonds. The number of carboxylic acids is 1. The maximum atomic E-state index is 12.3. The minimum Gasteiger partial charge on any atom is -0.494 e. The van der Waals surface area contributed by atoms with Crippen LogP contribution in [0.3, 0.4) is 0 Å². The molecule has 0 aromatic heterocycles. The zero-order chi connectivity index (χ0) is 15.7. The van der Waals surface area contributed by atoms with Gasteiger partial charge in [-0.2, -0.15) is 8.42 Å². The van der Waals surface area contributed by atoms with Gasteiger partial charge in [0.25, 0.3) is 0 Å². The normalized spacial score (nSPS) is 11.7. The first-order valence-electron chi connectivity index (χ1n) is 6.44. The van der Waals surface area contributed by atoms with E-state index in [0.717, 1.165) is 18.9 Å². The molecule has 7 heteroatoms. The highest BCUT2D eigenvalue weighted by Gasteiger charge is 2.00. The molecule has 1 aromatic carbocycles. The topological polar surface area (TPSA) is 80.7 Å². The van der Waals surface area contributed by atoms with E-state index in [2.05, 4.69) is 0 Å². The number of hydrogen-bond donors (Lipinski definition) is 1. The molecule has 21 heavy (non-hydrogen) atoms. The third kappa shape index (κ3) is 8.80. The van der Waals surface area contributed by atoms with Crippen molar-refractivity contribution in [1.82, 2.24) is 0 Å². The Morgan fingerprint density at radius 1 is 1.19 bits per heavy atom. The van der Waals surface area contributed by atoms with Gasteiger partial charge in [0, 0.05) is 6.42 Å². The number of unbranched alkanes of at least 4 members (excludes halogenated alkanes) is 2. The SMILES string of the molecule is O=C(O)CCCCCOc1ccc(/C=C/S(=O)(=O)F)cc1. The van der Waals surface area contributed by atoms with Gasteiger partial charge in [0.05, 0.1) is 12.0 Å². The van der Waals surface area contributed by atoms with Crippen LogP contribution in [0.5, 0.6) is 5.75 Å². The largest absolute Gasteiger partial charge is 0.494 e. The highest BCUT2D eigenvalue weighted by molar-refractivity contribution is 7.89. The second-order valence-electron chi connectivity index (χ2n) is 4.40. The van der Waals surface area contributed by atoms with Gasteiger partial charge in [0.15, 0.2) is 0 Å². The van der Waals surface area contributed by atoms with Crippen LogP contribution in [0, 0.1) is 0 Å². The van der Waals surface area contributed by atoms with Crippen LogP contribution in [0.4, 0.5) is 3.89 Å². The quantitative estimate of drug-likeness (QED) is 0.559. The predicted octanol–water partition coefficient (Wildman–Crippen LogP) is 2.98. The van der Waals surface area contributed by atoms with Crippen molar-refractivity contribution in [3.05, 3.63) is 35.2 Å². The smallest absolute Gasteiger partial charge is 0.325 e. The van der Waals surface area contributed by atoms with Gasteiger partial charge < -0.3 is 9.84 Å². The number of halogens is 1. The number of benzene rings is 1. The Morgan fingerprint density at radius 2 is 1.86 bits per heavy atom. The fourth-order valence-electron chi connectivity index (χ4n) is 1.58. The van der Waals surface area contributed by atoms with Crippen molar-refractivity contribution in [3.8, 4) is 5.75 Å². The number of rotatable bonds is 9. The number of ether oxygens (including phenoxy) is 1. The second kappa shape index (κ2) is 8.41. The molecular weight excluding hydrogens is 299 g/mol. The molecule has 0 unspecified atom stereocenters. The predicted molar refractivity (Wildman–Crippen MR) is 77.1 cm³/mol. The fourth-order valence-corrected chi connectivity index (χ4v) is 1.90. The number of carbonyl (C=O) groups is 1. The third-order valence-electron chi connectivity index (χ3n) is 2.61. The number of carboxylic acid groups (broad SMARTS) is 1. The highest BCUT2D eigenvalue weighted by atomic mass is 32.3. The van der Waals surface area contributed by atoms with Gasteiger partial charge in [-0.25, -0.2) is 0 Å². The summed E-state index contributed by atoms with van der Waals surface area (Å²) in [5.74, 6) is -0.177. The molecule has 0 aliphatic heterocycles. The van der Waals surface area contributed by atoms with Crippen LogP contribution in [0.2, 0.25) is 0 Å². The molecule has 1 rings (SSSR count). The molecular formula is C14H17FO5S. The van der Waals surface area contributed by atoms with E-state index in [-0.39, 0.29) is 6.42 Å². The monoisotopic (exact) mass is 316 g/mol. The van der Waals surface area contributed by atoms with E-state index in [1.165, 1.54) is 0 Å². The molecule has 1 N–H and O–H groups in total. The summed E-state index contributed by atoms with van der Waals surface area (Å²) in [6, 6.07) is 6.53. The molecule has 0 saturated heterocycles. The van der Waals surface area contributed by atoms with Crippen LogP contribution in [-0.4, -0.2) is 26.1 Å². The molecule has 0 aliphatic rings. The van der Waals surface area contributed by atoms with Crippen molar-refractivity contribution in [2.45, 2.75) is 25.7 Å². The van der Waals surface area contributed by atoms with Crippen molar-refractivity contribution in [2.75, 3.05) is 6.61 Å². The standard InChI is InChI=1S/C14H17FO5S/c15-21(18,19)11-9-12-5-7-13(8-6-12)20-10-3-1-2-4-14(16)17/h5-9,11H,1-4,10H2,(H,16,17)/b11-9+. The van der Waals surface area contributed by atoms with Crippen LogP contribution < -0.4 is 4.74 Å². The average Bonchev–Trinajstić information content (AvgIpc) is 2.40. The first-order chi connectivity index (χ1) is 9.87. The van der Waals surface area contributed by atoms with Crippen molar-refractivity contribution in [2.24, 2.45) is 0 Å². The van der Waals surface area contributed by atoms with Gasteiger partial charge in [0.2, 0.25) is 0 Å². The fraction of sp³-hybridized carbons (Fsp3) is 0.357. The summed E-state index contributed by atoms with van der Waals surface area (Å²) in [5.41, 5.74) is 0.546. The molecule has 1 aromatic rings. The Morgan fingerprint density at radius 3 is 2.43 bits per heavy atom. The van der Waals surface area contributed by atoms with Crippen LogP contribution >= 0.6 is 0 Å².